The summed E-state index contributed by atoms with van der Waals surface area (Å²) in [6.45, 7) is 0. The highest BCUT2D eigenvalue weighted by atomic mass is 19.1. The predicted molar refractivity (Wildman–Crippen MR) is 71.8 cm³/mol. The third-order valence-corrected chi connectivity index (χ3v) is 3.40. The molecule has 4 heteroatoms. The summed E-state index contributed by atoms with van der Waals surface area (Å²) in [6, 6.07) is 10.7. The van der Waals surface area contributed by atoms with Gasteiger partial charge in [-0.3, -0.25) is 0 Å². The van der Waals surface area contributed by atoms with Gasteiger partial charge in [0.2, 0.25) is 0 Å². The average Bonchev–Trinajstić information content (AvgIpc) is 2.76. The highest BCUT2D eigenvalue weighted by molar-refractivity contribution is 5.98. The fourth-order valence-electron chi connectivity index (χ4n) is 2.50. The van der Waals surface area contributed by atoms with Gasteiger partial charge in [0, 0.05) is 0 Å². The first-order valence-electron chi connectivity index (χ1n) is 6.10. The molecule has 0 saturated heterocycles. The number of hydrogen-bond donors (Lipinski definition) is 2. The lowest BCUT2D eigenvalue weighted by Crippen LogP contribution is -2.03. The summed E-state index contributed by atoms with van der Waals surface area (Å²) in [5.41, 5.74) is 2.27. The second kappa shape index (κ2) is 4.58. The maximum Gasteiger partial charge on any atom is 0.336 e. The zero-order chi connectivity index (χ0) is 14.3. The third-order valence-electron chi connectivity index (χ3n) is 3.40. The highest BCUT2D eigenvalue weighted by Crippen LogP contribution is 2.39. The molecule has 0 amide bonds. The summed E-state index contributed by atoms with van der Waals surface area (Å²) in [5, 5.41) is 19.2. The van der Waals surface area contributed by atoms with Crippen molar-refractivity contribution < 1.29 is 19.4 Å². The van der Waals surface area contributed by atoms with E-state index in [0.717, 1.165) is 11.6 Å². The van der Waals surface area contributed by atoms with Gasteiger partial charge in [-0.2, -0.15) is 0 Å². The molecule has 0 bridgehead atoms. The average molecular weight is 270 g/mol. The van der Waals surface area contributed by atoms with Crippen molar-refractivity contribution in [2.45, 2.75) is 6.10 Å². The van der Waals surface area contributed by atoms with Gasteiger partial charge in [0.05, 0.1) is 11.7 Å². The van der Waals surface area contributed by atoms with Crippen molar-refractivity contribution in [2.75, 3.05) is 0 Å². The van der Waals surface area contributed by atoms with Crippen LogP contribution in [0.5, 0.6) is 0 Å². The summed E-state index contributed by atoms with van der Waals surface area (Å²) in [6.07, 6.45) is 0.748. The van der Waals surface area contributed by atoms with E-state index in [1.807, 2.05) is 0 Å². The predicted octanol–water partition coefficient (Wildman–Crippen LogP) is 3.00. The van der Waals surface area contributed by atoms with E-state index in [9.17, 15) is 19.4 Å². The molecule has 2 aromatic rings. The number of benzene rings is 2. The van der Waals surface area contributed by atoms with Gasteiger partial charge >= 0.3 is 5.97 Å². The number of fused-ring (bicyclic) bond motifs is 1. The molecular weight excluding hydrogens is 259 g/mol. The van der Waals surface area contributed by atoms with Crippen molar-refractivity contribution in [2.24, 2.45) is 0 Å². The molecule has 0 saturated carbocycles. The van der Waals surface area contributed by atoms with Crippen LogP contribution in [0.25, 0.3) is 5.57 Å². The van der Waals surface area contributed by atoms with Crippen LogP contribution in [0.15, 0.2) is 48.5 Å². The number of aliphatic hydroxyl groups excluding tert-OH is 1. The molecule has 0 aliphatic heterocycles. The number of carboxylic acids is 1. The van der Waals surface area contributed by atoms with Gasteiger partial charge in [-0.15, -0.1) is 0 Å². The van der Waals surface area contributed by atoms with Crippen LogP contribution >= 0.6 is 0 Å². The molecule has 2 N–H and O–H groups in total. The van der Waals surface area contributed by atoms with E-state index in [0.29, 0.717) is 11.1 Å². The minimum Gasteiger partial charge on any atom is -0.478 e. The third kappa shape index (κ3) is 1.90. The highest BCUT2D eigenvalue weighted by Gasteiger charge is 2.25. The van der Waals surface area contributed by atoms with Crippen LogP contribution in [-0.2, 0) is 0 Å². The first kappa shape index (κ1) is 12.6. The number of hydrogen-bond acceptors (Lipinski definition) is 2. The Morgan fingerprint density at radius 3 is 2.60 bits per heavy atom. The quantitative estimate of drug-likeness (QED) is 0.882. The number of aromatic carboxylic acids is 1. The Bertz CT molecular complexity index is 734. The van der Waals surface area contributed by atoms with E-state index in [1.54, 1.807) is 30.3 Å². The van der Waals surface area contributed by atoms with Crippen LogP contribution < -0.4 is 0 Å². The molecule has 0 spiro atoms. The maximum absolute atomic E-state index is 13.5. The zero-order valence-corrected chi connectivity index (χ0v) is 10.4. The molecule has 0 aromatic heterocycles. The lowest BCUT2D eigenvalue weighted by molar-refractivity contribution is 0.0696. The molecule has 1 atom stereocenters. The van der Waals surface area contributed by atoms with E-state index < -0.39 is 17.9 Å². The van der Waals surface area contributed by atoms with Gasteiger partial charge in [-0.25, -0.2) is 9.18 Å². The first-order chi connectivity index (χ1) is 9.58. The number of carboxylic acid groups (broad SMARTS) is 1. The number of aliphatic hydroxyl groups is 1. The van der Waals surface area contributed by atoms with Gasteiger partial charge in [0.1, 0.15) is 5.82 Å². The van der Waals surface area contributed by atoms with Crippen molar-refractivity contribution in [3.05, 3.63) is 76.6 Å². The maximum atomic E-state index is 13.5. The van der Waals surface area contributed by atoms with Gasteiger partial charge in [-0.05, 0) is 46.5 Å². The van der Waals surface area contributed by atoms with Crippen LogP contribution in [0, 0.1) is 5.82 Å². The van der Waals surface area contributed by atoms with Crippen molar-refractivity contribution >= 4 is 11.5 Å². The van der Waals surface area contributed by atoms with Crippen LogP contribution in [0.4, 0.5) is 4.39 Å². The molecule has 0 heterocycles. The number of rotatable bonds is 2. The summed E-state index contributed by atoms with van der Waals surface area (Å²) < 4.78 is 13.5. The zero-order valence-electron chi connectivity index (χ0n) is 10.4. The first-order valence-corrected chi connectivity index (χ1v) is 6.10. The number of halogens is 1. The Kier molecular flexibility index (Phi) is 2.88. The lowest BCUT2D eigenvalue weighted by atomic mass is 9.95. The van der Waals surface area contributed by atoms with Gasteiger partial charge in [0.15, 0.2) is 0 Å². The Labute approximate surface area is 114 Å². The van der Waals surface area contributed by atoms with Crippen molar-refractivity contribution in [3.63, 3.8) is 0 Å². The molecule has 100 valence electrons. The largest absolute Gasteiger partial charge is 0.478 e. The fraction of sp³-hybridized carbons (Fsp3) is 0.0625. The molecule has 3 nitrogen and oxygen atoms in total. The van der Waals surface area contributed by atoms with E-state index in [2.05, 4.69) is 0 Å². The smallest absolute Gasteiger partial charge is 0.336 e. The minimum absolute atomic E-state index is 0.0153. The Morgan fingerprint density at radius 1 is 1.10 bits per heavy atom. The molecule has 1 unspecified atom stereocenters. The molecule has 20 heavy (non-hydrogen) atoms. The second-order valence-corrected chi connectivity index (χ2v) is 4.61. The van der Waals surface area contributed by atoms with Gasteiger partial charge in [-0.1, -0.05) is 24.3 Å². The molecule has 1 aliphatic rings. The molecule has 0 radical (unpaired) electrons. The monoisotopic (exact) mass is 270 g/mol. The van der Waals surface area contributed by atoms with Crippen LogP contribution in [0.3, 0.4) is 0 Å². The molecule has 2 aromatic carbocycles. The summed E-state index contributed by atoms with van der Waals surface area (Å²) in [5.74, 6) is -1.63. The summed E-state index contributed by atoms with van der Waals surface area (Å²) in [4.78, 5) is 11.3. The number of carbonyl (C=O) groups is 1. The SMILES string of the molecule is O=C(O)c1ccc(F)cc1C1=CC(O)c2ccccc21. The van der Waals surface area contributed by atoms with E-state index in [4.69, 9.17) is 0 Å². The molecule has 3 rings (SSSR count). The van der Waals surface area contributed by atoms with Crippen molar-refractivity contribution in [1.82, 2.24) is 0 Å². The van der Waals surface area contributed by atoms with Crippen LogP contribution in [0.2, 0.25) is 0 Å². The summed E-state index contributed by atoms with van der Waals surface area (Å²) in [7, 11) is 0. The van der Waals surface area contributed by atoms with Gasteiger partial charge < -0.3 is 10.2 Å². The minimum atomic E-state index is -1.13. The van der Waals surface area contributed by atoms with Crippen LogP contribution in [-0.4, -0.2) is 16.2 Å². The van der Waals surface area contributed by atoms with E-state index in [1.165, 1.54) is 12.1 Å². The van der Waals surface area contributed by atoms with Crippen LogP contribution in [0.1, 0.15) is 33.2 Å². The topological polar surface area (TPSA) is 57.5 Å². The molecular formula is C16H11FO3. The normalized spacial score (nSPS) is 16.7. The fourth-order valence-corrected chi connectivity index (χ4v) is 2.50. The van der Waals surface area contributed by atoms with Crippen molar-refractivity contribution in [1.29, 1.82) is 0 Å². The van der Waals surface area contributed by atoms with Gasteiger partial charge in [0.25, 0.3) is 0 Å². The standard InChI is InChI=1S/C16H11FO3/c17-9-5-6-12(16(19)20)13(7-9)14-8-15(18)11-4-2-1-3-10(11)14/h1-8,15,18H,(H,19,20). The molecule has 0 fully saturated rings. The lowest BCUT2D eigenvalue weighted by Gasteiger charge is -2.09. The van der Waals surface area contributed by atoms with Crippen molar-refractivity contribution in [3.8, 4) is 0 Å². The Morgan fingerprint density at radius 2 is 1.85 bits per heavy atom. The van der Waals surface area contributed by atoms with E-state index in [-0.39, 0.29) is 11.1 Å². The Balaban J connectivity index is 2.23. The summed E-state index contributed by atoms with van der Waals surface area (Å²) >= 11 is 0. The van der Waals surface area contributed by atoms with E-state index >= 15 is 0 Å². The second-order valence-electron chi connectivity index (χ2n) is 4.61. The Hall–Kier alpha value is -2.46. The molecule has 1 aliphatic carbocycles.